The van der Waals surface area contributed by atoms with Gasteiger partial charge >= 0.3 is 0 Å². The van der Waals surface area contributed by atoms with Crippen molar-refractivity contribution in [3.63, 3.8) is 0 Å². The molecule has 102 valence electrons. The van der Waals surface area contributed by atoms with Crippen LogP contribution in [-0.2, 0) is 0 Å². The predicted molar refractivity (Wildman–Crippen MR) is 62.2 cm³/mol. The van der Waals surface area contributed by atoms with E-state index in [-0.39, 0.29) is 16.5 Å². The highest BCUT2D eigenvalue weighted by atomic mass is 32.1. The van der Waals surface area contributed by atoms with Gasteiger partial charge in [-0.2, -0.15) is 0 Å². The number of aromatic nitrogens is 1. The summed E-state index contributed by atoms with van der Waals surface area (Å²) in [5.74, 6) is -0.274. The van der Waals surface area contributed by atoms with Crippen molar-refractivity contribution in [2.24, 2.45) is 0 Å². The third-order valence-electron chi connectivity index (χ3n) is 2.38. The maximum atomic E-state index is 11.0. The molecule has 1 aromatic heterocycles. The zero-order valence-electron chi connectivity index (χ0n) is 9.59. The molecule has 0 saturated carbocycles. The summed E-state index contributed by atoms with van der Waals surface area (Å²) in [6.45, 7) is 0.566. The Morgan fingerprint density at radius 2 is 1.94 bits per heavy atom. The highest BCUT2D eigenvalue weighted by Gasteiger charge is 2.32. The molecule has 7 nitrogen and oxygen atoms in total. The Morgan fingerprint density at radius 3 is 2.39 bits per heavy atom. The van der Waals surface area contributed by atoms with Crippen LogP contribution in [0.4, 0.5) is 0 Å². The van der Waals surface area contributed by atoms with Crippen LogP contribution in [0.15, 0.2) is 5.38 Å². The van der Waals surface area contributed by atoms with Gasteiger partial charge in [0.1, 0.15) is 24.4 Å². The molecular formula is C10H15NO6S. The van der Waals surface area contributed by atoms with Gasteiger partial charge in [-0.25, -0.2) is 4.98 Å². The summed E-state index contributed by atoms with van der Waals surface area (Å²) >= 11 is 1.00. The normalized spacial score (nSPS) is 18.1. The van der Waals surface area contributed by atoms with Crippen LogP contribution in [0, 0.1) is 0 Å². The molecule has 0 spiro atoms. The van der Waals surface area contributed by atoms with Crippen LogP contribution >= 0.6 is 11.3 Å². The second-order valence-corrected chi connectivity index (χ2v) is 4.67. The van der Waals surface area contributed by atoms with Crippen molar-refractivity contribution < 1.29 is 30.3 Å². The molecule has 0 saturated heterocycles. The number of aliphatic hydroxyl groups excluding tert-OH is 5. The van der Waals surface area contributed by atoms with Gasteiger partial charge in [-0.1, -0.05) is 0 Å². The maximum absolute atomic E-state index is 11.0. The van der Waals surface area contributed by atoms with Crippen molar-refractivity contribution in [3.8, 4) is 0 Å². The highest BCUT2D eigenvalue weighted by Crippen LogP contribution is 2.22. The molecule has 5 N–H and O–H groups in total. The summed E-state index contributed by atoms with van der Waals surface area (Å²) in [5, 5.41) is 48.1. The van der Waals surface area contributed by atoms with Crippen LogP contribution < -0.4 is 0 Å². The first-order valence-electron chi connectivity index (χ1n) is 5.18. The minimum absolute atomic E-state index is 0.0295. The van der Waals surface area contributed by atoms with Gasteiger partial charge in [0.2, 0.25) is 0 Å². The van der Waals surface area contributed by atoms with E-state index in [1.807, 2.05) is 0 Å². The molecule has 0 aliphatic rings. The van der Waals surface area contributed by atoms with E-state index in [1.165, 1.54) is 12.3 Å². The van der Waals surface area contributed by atoms with Gasteiger partial charge in [-0.3, -0.25) is 4.79 Å². The largest absolute Gasteiger partial charge is 0.394 e. The van der Waals surface area contributed by atoms with Crippen molar-refractivity contribution in [3.05, 3.63) is 16.1 Å². The number of hydrogen-bond acceptors (Lipinski definition) is 8. The van der Waals surface area contributed by atoms with Gasteiger partial charge in [0.15, 0.2) is 10.8 Å². The van der Waals surface area contributed by atoms with Crippen LogP contribution in [-0.4, -0.2) is 61.2 Å². The molecule has 1 aromatic rings. The van der Waals surface area contributed by atoms with Gasteiger partial charge in [0, 0.05) is 12.3 Å². The number of carbonyl (C=O) groups excluding carboxylic acids is 1. The average molecular weight is 277 g/mol. The van der Waals surface area contributed by atoms with Gasteiger partial charge in [-0.05, 0) is 0 Å². The molecule has 18 heavy (non-hydrogen) atoms. The first kappa shape index (κ1) is 15.2. The lowest BCUT2D eigenvalue weighted by molar-refractivity contribution is -0.117. The number of carbonyl (C=O) groups is 1. The lowest BCUT2D eigenvalue weighted by atomic mass is 10.0. The first-order valence-corrected chi connectivity index (χ1v) is 6.06. The molecule has 0 aliphatic heterocycles. The lowest BCUT2D eigenvalue weighted by Crippen LogP contribution is -2.42. The number of ketones is 1. The quantitative estimate of drug-likeness (QED) is 0.398. The topological polar surface area (TPSA) is 131 Å². The molecule has 0 fully saturated rings. The van der Waals surface area contributed by atoms with E-state index in [4.69, 9.17) is 10.2 Å². The van der Waals surface area contributed by atoms with Crippen LogP contribution in [0.1, 0.15) is 28.5 Å². The zero-order chi connectivity index (χ0) is 13.9. The molecule has 0 aliphatic carbocycles. The fraction of sp³-hybridized carbons (Fsp3) is 0.600. The number of Topliss-reactive ketones (excluding diaryl/α,β-unsaturated/α-hetero) is 1. The van der Waals surface area contributed by atoms with Gasteiger partial charge in [-0.15, -0.1) is 11.3 Å². The molecule has 1 rings (SSSR count). The molecule has 4 atom stereocenters. The summed E-state index contributed by atoms with van der Waals surface area (Å²) in [7, 11) is 0. The monoisotopic (exact) mass is 277 g/mol. The van der Waals surface area contributed by atoms with Crippen LogP contribution in [0.2, 0.25) is 0 Å². The zero-order valence-corrected chi connectivity index (χ0v) is 10.4. The number of hydrogen-bond donors (Lipinski definition) is 5. The SMILES string of the molecule is CC(=O)c1nc(C(O)C(O)C(O)C(O)CO)cs1. The Balaban J connectivity index is 2.79. The first-order chi connectivity index (χ1) is 8.38. The highest BCUT2D eigenvalue weighted by molar-refractivity contribution is 7.11. The van der Waals surface area contributed by atoms with Gasteiger partial charge < -0.3 is 25.5 Å². The van der Waals surface area contributed by atoms with Crippen LogP contribution in [0.3, 0.4) is 0 Å². The number of aliphatic hydroxyl groups is 5. The molecular weight excluding hydrogens is 262 g/mol. The third-order valence-corrected chi connectivity index (χ3v) is 3.34. The van der Waals surface area contributed by atoms with E-state index in [1.54, 1.807) is 0 Å². The van der Waals surface area contributed by atoms with E-state index in [2.05, 4.69) is 4.98 Å². The fourth-order valence-corrected chi connectivity index (χ4v) is 2.03. The summed E-state index contributed by atoms with van der Waals surface area (Å²) in [4.78, 5) is 14.8. The molecule has 4 unspecified atom stereocenters. The minimum atomic E-state index is -1.72. The van der Waals surface area contributed by atoms with Crippen molar-refractivity contribution in [1.82, 2.24) is 4.98 Å². The van der Waals surface area contributed by atoms with E-state index in [9.17, 15) is 20.1 Å². The van der Waals surface area contributed by atoms with Crippen molar-refractivity contribution >= 4 is 17.1 Å². The van der Waals surface area contributed by atoms with Crippen LogP contribution in [0.5, 0.6) is 0 Å². The predicted octanol–water partition coefficient (Wildman–Crippen LogP) is -1.55. The summed E-state index contributed by atoms with van der Waals surface area (Å²) < 4.78 is 0. The smallest absolute Gasteiger partial charge is 0.188 e. The minimum Gasteiger partial charge on any atom is -0.394 e. The third kappa shape index (κ3) is 3.31. The Labute approximate surface area is 107 Å². The van der Waals surface area contributed by atoms with E-state index in [0.29, 0.717) is 0 Å². The lowest BCUT2D eigenvalue weighted by Gasteiger charge is -2.24. The molecule has 0 bridgehead atoms. The number of nitrogens with zero attached hydrogens (tertiary/aromatic N) is 1. The van der Waals surface area contributed by atoms with Crippen molar-refractivity contribution in [2.75, 3.05) is 6.61 Å². The van der Waals surface area contributed by atoms with Crippen LogP contribution in [0.25, 0.3) is 0 Å². The molecule has 0 radical (unpaired) electrons. The summed E-state index contributed by atoms with van der Waals surface area (Å²) in [6.07, 6.45) is -6.55. The summed E-state index contributed by atoms with van der Waals surface area (Å²) in [6, 6.07) is 0. The average Bonchev–Trinajstić information content (AvgIpc) is 2.84. The Morgan fingerprint density at radius 1 is 1.33 bits per heavy atom. The molecule has 1 heterocycles. The molecule has 0 amide bonds. The van der Waals surface area contributed by atoms with Gasteiger partial charge in [0.05, 0.1) is 12.3 Å². The summed E-state index contributed by atoms with van der Waals surface area (Å²) in [5.41, 5.74) is 0.0295. The van der Waals surface area contributed by atoms with E-state index >= 15 is 0 Å². The second kappa shape index (κ2) is 6.32. The molecule has 8 heteroatoms. The van der Waals surface area contributed by atoms with Gasteiger partial charge in [0.25, 0.3) is 0 Å². The van der Waals surface area contributed by atoms with E-state index in [0.717, 1.165) is 11.3 Å². The maximum Gasteiger partial charge on any atom is 0.188 e. The fourth-order valence-electron chi connectivity index (χ4n) is 1.28. The van der Waals surface area contributed by atoms with Crippen molar-refractivity contribution in [1.29, 1.82) is 0 Å². The Bertz CT molecular complexity index is 409. The Hall–Kier alpha value is -0.900. The van der Waals surface area contributed by atoms with E-state index < -0.39 is 31.0 Å². The standard InChI is InChI=1S/C10H15NO6S/c1-4(13)10-11-5(3-18-10)7(15)9(17)8(16)6(14)2-12/h3,6-9,12,14-17H,2H2,1H3. The number of thiazole rings is 1. The second-order valence-electron chi connectivity index (χ2n) is 3.81. The molecule has 0 aromatic carbocycles. The number of rotatable bonds is 6. The Kier molecular flexibility index (Phi) is 5.32. The van der Waals surface area contributed by atoms with Crippen molar-refractivity contribution in [2.45, 2.75) is 31.3 Å².